The Kier molecular flexibility index (Phi) is 4.09. The lowest BCUT2D eigenvalue weighted by molar-refractivity contribution is -0.154. The summed E-state index contributed by atoms with van der Waals surface area (Å²) in [4.78, 5) is 20.5. The van der Waals surface area contributed by atoms with Gasteiger partial charge in [0.05, 0.1) is 0 Å². The van der Waals surface area contributed by atoms with Crippen molar-refractivity contribution < 1.29 is 19.8 Å². The Balaban J connectivity index is 4.23. The molecule has 0 aliphatic rings. The second-order valence-electron chi connectivity index (χ2n) is 1.95. The van der Waals surface area contributed by atoms with Gasteiger partial charge in [-0.3, -0.25) is 9.59 Å². The molecule has 0 spiro atoms. The maximum atomic E-state index is 10.3. The van der Waals surface area contributed by atoms with Gasteiger partial charge in [0, 0.05) is 6.42 Å². The van der Waals surface area contributed by atoms with Crippen LogP contribution in [0.4, 0.5) is 0 Å². The van der Waals surface area contributed by atoms with Crippen molar-refractivity contribution in [1.29, 1.82) is 0 Å². The highest BCUT2D eigenvalue weighted by atomic mass is 127. The number of rotatable bonds is 4. The van der Waals surface area contributed by atoms with Gasteiger partial charge in [-0.05, 0) is 26.2 Å². The van der Waals surface area contributed by atoms with Crippen molar-refractivity contribution in [3.63, 3.8) is 0 Å². The third kappa shape index (κ3) is 3.97. The Hall–Kier alpha value is -0.590. The van der Waals surface area contributed by atoms with Gasteiger partial charge in [0.25, 0.3) is 0 Å². The molecule has 4 nitrogen and oxygen atoms in total. The van der Waals surface area contributed by atoms with Gasteiger partial charge in [0.1, 0.15) is 0 Å². The molecule has 0 aliphatic carbocycles. The molecule has 0 aromatic rings. The first kappa shape index (κ1) is 10.4. The fraction of sp³-hybridized carbons (Fsp3) is 0.333. The van der Waals surface area contributed by atoms with Gasteiger partial charge in [-0.1, -0.05) is 6.58 Å². The largest absolute Gasteiger partial charge is 0.481 e. The van der Waals surface area contributed by atoms with E-state index in [1.54, 1.807) is 22.6 Å². The van der Waals surface area contributed by atoms with E-state index in [1.165, 1.54) is 0 Å². The van der Waals surface area contributed by atoms with Crippen LogP contribution in [0.5, 0.6) is 0 Å². The van der Waals surface area contributed by atoms with Gasteiger partial charge in [-0.2, -0.15) is 0 Å². The van der Waals surface area contributed by atoms with Crippen LogP contribution < -0.4 is 0 Å². The highest BCUT2D eigenvalue weighted by Crippen LogP contribution is 2.16. The number of allylic oxidation sites excluding steroid dienone is 1. The van der Waals surface area contributed by atoms with E-state index in [0.29, 0.717) is 3.58 Å². The van der Waals surface area contributed by atoms with Gasteiger partial charge in [-0.25, -0.2) is 0 Å². The summed E-state index contributed by atoms with van der Waals surface area (Å²) in [5.41, 5.74) is 0. The molecule has 0 saturated heterocycles. The van der Waals surface area contributed by atoms with E-state index < -0.39 is 17.9 Å². The average molecular weight is 270 g/mol. The monoisotopic (exact) mass is 270 g/mol. The molecule has 0 aromatic carbocycles. The van der Waals surface area contributed by atoms with Crippen LogP contribution in [0.1, 0.15) is 6.42 Å². The minimum Gasteiger partial charge on any atom is -0.481 e. The fourth-order valence-electron chi connectivity index (χ4n) is 0.502. The number of aliphatic carboxylic acids is 2. The molecule has 0 bridgehead atoms. The van der Waals surface area contributed by atoms with Crippen LogP contribution in [0.2, 0.25) is 0 Å². The van der Waals surface area contributed by atoms with Crippen molar-refractivity contribution in [2.75, 3.05) is 0 Å². The second-order valence-corrected chi connectivity index (χ2v) is 3.48. The second kappa shape index (κ2) is 4.32. The first-order valence-corrected chi connectivity index (χ1v) is 3.82. The zero-order valence-corrected chi connectivity index (χ0v) is 7.74. The molecule has 0 radical (unpaired) electrons. The molecular formula is C6H7IO4. The Bertz CT molecular complexity index is 185. The number of hydrogen-bond acceptors (Lipinski definition) is 2. The summed E-state index contributed by atoms with van der Waals surface area (Å²) in [5.74, 6) is -4.01. The predicted molar refractivity (Wildman–Crippen MR) is 46.5 cm³/mol. The number of carbonyl (C=O) groups is 2. The summed E-state index contributed by atoms with van der Waals surface area (Å²) in [6, 6.07) is 0. The molecule has 0 heterocycles. The average Bonchev–Trinajstić information content (AvgIpc) is 1.81. The molecule has 0 rings (SSSR count). The lowest BCUT2D eigenvalue weighted by Crippen LogP contribution is -2.23. The topological polar surface area (TPSA) is 74.6 Å². The molecular weight excluding hydrogens is 263 g/mol. The molecule has 2 N–H and O–H groups in total. The molecule has 0 fully saturated rings. The van der Waals surface area contributed by atoms with Gasteiger partial charge < -0.3 is 10.2 Å². The van der Waals surface area contributed by atoms with Crippen molar-refractivity contribution in [1.82, 2.24) is 0 Å². The smallest absolute Gasteiger partial charge is 0.318 e. The number of carboxylic acids is 2. The minimum absolute atomic E-state index is 0.0226. The van der Waals surface area contributed by atoms with E-state index >= 15 is 0 Å². The molecule has 0 aromatic heterocycles. The molecule has 0 unspecified atom stereocenters. The Morgan fingerprint density at radius 2 is 1.73 bits per heavy atom. The number of carboxylic acid groups (broad SMARTS) is 2. The number of hydrogen-bond donors (Lipinski definition) is 2. The third-order valence-electron chi connectivity index (χ3n) is 1.02. The summed E-state index contributed by atoms with van der Waals surface area (Å²) >= 11 is 1.80. The van der Waals surface area contributed by atoms with Crippen LogP contribution in [0, 0.1) is 5.92 Å². The summed E-state index contributed by atoms with van der Waals surface area (Å²) in [6.07, 6.45) is -0.0226. The fourth-order valence-corrected chi connectivity index (χ4v) is 0.942. The lowest BCUT2D eigenvalue weighted by Gasteiger charge is -2.04. The van der Waals surface area contributed by atoms with Gasteiger partial charge in [-0.15, -0.1) is 0 Å². The highest BCUT2D eigenvalue weighted by Gasteiger charge is 2.25. The molecule has 11 heavy (non-hydrogen) atoms. The van der Waals surface area contributed by atoms with Crippen molar-refractivity contribution in [2.45, 2.75) is 6.42 Å². The van der Waals surface area contributed by atoms with Crippen LogP contribution in [0.25, 0.3) is 0 Å². The van der Waals surface area contributed by atoms with E-state index in [0.717, 1.165) is 0 Å². The summed E-state index contributed by atoms with van der Waals surface area (Å²) in [5, 5.41) is 16.7. The molecule has 0 atom stereocenters. The predicted octanol–water partition coefficient (Wildman–Crippen LogP) is 1.11. The lowest BCUT2D eigenvalue weighted by atomic mass is 10.1. The van der Waals surface area contributed by atoms with E-state index in [9.17, 15) is 9.59 Å². The Morgan fingerprint density at radius 1 is 1.36 bits per heavy atom. The van der Waals surface area contributed by atoms with Crippen molar-refractivity contribution in [2.24, 2.45) is 5.92 Å². The van der Waals surface area contributed by atoms with Gasteiger partial charge in [0.15, 0.2) is 5.92 Å². The zero-order chi connectivity index (χ0) is 9.02. The van der Waals surface area contributed by atoms with Crippen LogP contribution in [0.15, 0.2) is 10.2 Å². The standard InChI is InChI=1S/C6H7IO4/c1-3(7)2-4(5(8)9)6(10)11/h4H,1-2H2,(H,8,9)(H,10,11). The van der Waals surface area contributed by atoms with Crippen LogP contribution in [0.3, 0.4) is 0 Å². The molecule has 5 heteroatoms. The van der Waals surface area contributed by atoms with Crippen molar-refractivity contribution in [3.05, 3.63) is 10.2 Å². The minimum atomic E-state index is -1.36. The zero-order valence-electron chi connectivity index (χ0n) is 5.58. The highest BCUT2D eigenvalue weighted by molar-refractivity contribution is 14.1. The maximum Gasteiger partial charge on any atom is 0.318 e. The number of halogens is 1. The van der Waals surface area contributed by atoms with E-state index in [1.807, 2.05) is 0 Å². The summed E-state index contributed by atoms with van der Waals surface area (Å²) < 4.78 is 0.525. The maximum absolute atomic E-state index is 10.3. The first-order chi connectivity index (χ1) is 4.95. The van der Waals surface area contributed by atoms with E-state index in [-0.39, 0.29) is 6.42 Å². The van der Waals surface area contributed by atoms with Gasteiger partial charge in [0.2, 0.25) is 0 Å². The molecule has 0 saturated carbocycles. The molecule has 0 aliphatic heterocycles. The first-order valence-electron chi connectivity index (χ1n) is 2.74. The van der Waals surface area contributed by atoms with Crippen LogP contribution in [-0.2, 0) is 9.59 Å². The molecule has 62 valence electrons. The van der Waals surface area contributed by atoms with Crippen LogP contribution in [-0.4, -0.2) is 22.2 Å². The summed E-state index contributed by atoms with van der Waals surface area (Å²) in [6.45, 7) is 3.42. The SMILES string of the molecule is C=C(I)CC(C(=O)O)C(=O)O. The van der Waals surface area contributed by atoms with E-state index in [2.05, 4.69) is 6.58 Å². The quantitative estimate of drug-likeness (QED) is 0.592. The third-order valence-corrected chi connectivity index (χ3v) is 1.46. The van der Waals surface area contributed by atoms with Gasteiger partial charge >= 0.3 is 11.9 Å². The van der Waals surface area contributed by atoms with Crippen LogP contribution >= 0.6 is 22.6 Å². The van der Waals surface area contributed by atoms with Crippen molar-refractivity contribution in [3.8, 4) is 0 Å². The van der Waals surface area contributed by atoms with Crippen molar-refractivity contribution >= 4 is 34.5 Å². The Labute approximate surface area is 77.0 Å². The van der Waals surface area contributed by atoms with E-state index in [4.69, 9.17) is 10.2 Å². The molecule has 0 amide bonds. The summed E-state index contributed by atoms with van der Waals surface area (Å²) in [7, 11) is 0. The Morgan fingerprint density at radius 3 is 1.82 bits per heavy atom. The normalized spacial score (nSPS) is 9.64.